The smallest absolute Gasteiger partial charge is 0.256 e. The average Bonchev–Trinajstić information content (AvgIpc) is 2.55. The molecule has 3 aromatic carbocycles. The number of carbonyl (C=O) groups excluding carboxylic acids is 1. The first-order valence-corrected chi connectivity index (χ1v) is 7.34. The Balaban J connectivity index is 1.97. The summed E-state index contributed by atoms with van der Waals surface area (Å²) in [5.41, 5.74) is 7.91. The lowest BCUT2D eigenvalue weighted by molar-refractivity contribution is 0.102. The van der Waals surface area contributed by atoms with Crippen LogP contribution in [0.25, 0.3) is 10.8 Å². The predicted molar refractivity (Wildman–Crippen MR) is 91.2 cm³/mol. The van der Waals surface area contributed by atoms with E-state index >= 15 is 0 Å². The van der Waals surface area contributed by atoms with Crippen LogP contribution >= 0.6 is 11.6 Å². The highest BCUT2D eigenvalue weighted by Crippen LogP contribution is 2.21. The fourth-order valence-corrected chi connectivity index (χ4v) is 2.53. The van der Waals surface area contributed by atoms with E-state index in [1.807, 2.05) is 36.4 Å². The van der Waals surface area contributed by atoms with Gasteiger partial charge in [-0.15, -0.1) is 0 Å². The van der Waals surface area contributed by atoms with Crippen LogP contribution in [0.4, 0.5) is 5.69 Å². The molecular formula is C18H15ClN2O. The largest absolute Gasteiger partial charge is 0.326 e. The van der Waals surface area contributed by atoms with E-state index in [1.54, 1.807) is 24.3 Å². The number of rotatable bonds is 3. The van der Waals surface area contributed by atoms with Crippen molar-refractivity contribution in [1.29, 1.82) is 0 Å². The molecule has 0 unspecified atom stereocenters. The number of hydrogen-bond donors (Lipinski definition) is 2. The highest BCUT2D eigenvalue weighted by atomic mass is 35.5. The van der Waals surface area contributed by atoms with Gasteiger partial charge in [0.25, 0.3) is 5.91 Å². The van der Waals surface area contributed by atoms with Crippen molar-refractivity contribution in [1.82, 2.24) is 0 Å². The van der Waals surface area contributed by atoms with Crippen molar-refractivity contribution in [3.05, 3.63) is 76.8 Å². The van der Waals surface area contributed by atoms with Crippen molar-refractivity contribution in [2.45, 2.75) is 6.54 Å². The third kappa shape index (κ3) is 2.96. The van der Waals surface area contributed by atoms with E-state index < -0.39 is 0 Å². The van der Waals surface area contributed by atoms with Gasteiger partial charge in [-0.05, 0) is 52.7 Å². The van der Waals surface area contributed by atoms with Crippen LogP contribution in [0.15, 0.2) is 60.7 Å². The van der Waals surface area contributed by atoms with Gasteiger partial charge in [0, 0.05) is 22.8 Å². The van der Waals surface area contributed by atoms with Crippen LogP contribution < -0.4 is 11.1 Å². The number of benzene rings is 3. The number of nitrogens with two attached hydrogens (primary N) is 1. The van der Waals surface area contributed by atoms with Crippen molar-refractivity contribution in [2.75, 3.05) is 5.32 Å². The molecule has 0 atom stereocenters. The number of anilines is 1. The third-order valence-corrected chi connectivity index (χ3v) is 3.79. The van der Waals surface area contributed by atoms with E-state index in [0.29, 0.717) is 22.8 Å². The zero-order valence-electron chi connectivity index (χ0n) is 11.8. The molecule has 110 valence electrons. The molecule has 0 saturated heterocycles. The molecule has 3 rings (SSSR count). The average molecular weight is 311 g/mol. The molecule has 1 amide bonds. The Hall–Kier alpha value is -2.36. The van der Waals surface area contributed by atoms with E-state index in [0.717, 1.165) is 16.3 Å². The van der Waals surface area contributed by atoms with Crippen molar-refractivity contribution in [3.63, 3.8) is 0 Å². The summed E-state index contributed by atoms with van der Waals surface area (Å²) in [7, 11) is 0. The van der Waals surface area contributed by atoms with Crippen LogP contribution in [0.1, 0.15) is 15.9 Å². The highest BCUT2D eigenvalue weighted by molar-refractivity contribution is 6.30. The molecule has 0 heterocycles. The van der Waals surface area contributed by atoms with Crippen molar-refractivity contribution < 1.29 is 4.79 Å². The molecule has 0 radical (unpaired) electrons. The van der Waals surface area contributed by atoms with Gasteiger partial charge in [-0.25, -0.2) is 0 Å². The number of carbonyl (C=O) groups is 1. The molecule has 22 heavy (non-hydrogen) atoms. The van der Waals surface area contributed by atoms with E-state index in [1.165, 1.54) is 0 Å². The van der Waals surface area contributed by atoms with Crippen molar-refractivity contribution >= 4 is 34.0 Å². The van der Waals surface area contributed by atoms with E-state index in [4.69, 9.17) is 17.3 Å². The SMILES string of the molecule is NCc1cc2ccccc2cc1C(=O)Nc1ccc(Cl)cc1. The third-order valence-electron chi connectivity index (χ3n) is 3.54. The Kier molecular flexibility index (Phi) is 4.09. The molecule has 0 saturated carbocycles. The Morgan fingerprint density at radius 1 is 1.00 bits per heavy atom. The van der Waals surface area contributed by atoms with Crippen molar-refractivity contribution in [3.8, 4) is 0 Å². The summed E-state index contributed by atoms with van der Waals surface area (Å²) >= 11 is 5.85. The Morgan fingerprint density at radius 2 is 1.64 bits per heavy atom. The highest BCUT2D eigenvalue weighted by Gasteiger charge is 2.12. The van der Waals surface area contributed by atoms with Crippen LogP contribution in [0.2, 0.25) is 5.02 Å². The van der Waals surface area contributed by atoms with Gasteiger partial charge in [-0.2, -0.15) is 0 Å². The maximum atomic E-state index is 12.5. The quantitative estimate of drug-likeness (QED) is 0.761. The van der Waals surface area contributed by atoms with E-state index in [9.17, 15) is 4.79 Å². The normalized spacial score (nSPS) is 10.6. The molecule has 0 aromatic heterocycles. The minimum atomic E-state index is -0.173. The van der Waals surface area contributed by atoms with Crippen LogP contribution in [-0.2, 0) is 6.54 Å². The molecule has 3 aromatic rings. The number of fused-ring (bicyclic) bond motifs is 1. The van der Waals surface area contributed by atoms with Gasteiger partial charge >= 0.3 is 0 Å². The van der Waals surface area contributed by atoms with E-state index in [-0.39, 0.29) is 5.91 Å². The summed E-state index contributed by atoms with van der Waals surface area (Å²) in [5, 5.41) is 5.59. The zero-order chi connectivity index (χ0) is 15.5. The van der Waals surface area contributed by atoms with Gasteiger partial charge in [0.2, 0.25) is 0 Å². The lowest BCUT2D eigenvalue weighted by atomic mass is 10.00. The van der Waals surface area contributed by atoms with E-state index in [2.05, 4.69) is 5.32 Å². The molecule has 3 N–H and O–H groups in total. The van der Waals surface area contributed by atoms with Gasteiger partial charge in [0.05, 0.1) is 0 Å². The molecule has 0 aliphatic heterocycles. The second-order valence-corrected chi connectivity index (χ2v) is 5.46. The van der Waals surface area contributed by atoms with Gasteiger partial charge in [-0.3, -0.25) is 4.79 Å². The Morgan fingerprint density at radius 3 is 2.27 bits per heavy atom. The zero-order valence-corrected chi connectivity index (χ0v) is 12.6. The van der Waals surface area contributed by atoms with Crippen molar-refractivity contribution in [2.24, 2.45) is 5.73 Å². The number of nitrogens with one attached hydrogen (secondary N) is 1. The van der Waals surface area contributed by atoms with Crippen LogP contribution in [0.5, 0.6) is 0 Å². The number of halogens is 1. The summed E-state index contributed by atoms with van der Waals surface area (Å²) < 4.78 is 0. The van der Waals surface area contributed by atoms with Crippen LogP contribution in [0.3, 0.4) is 0 Å². The second-order valence-electron chi connectivity index (χ2n) is 5.02. The monoisotopic (exact) mass is 310 g/mol. The molecule has 0 aliphatic carbocycles. The first-order valence-electron chi connectivity index (χ1n) is 6.96. The Labute approximate surface area is 133 Å². The molecule has 4 heteroatoms. The lowest BCUT2D eigenvalue weighted by Gasteiger charge is -2.11. The van der Waals surface area contributed by atoms with Gasteiger partial charge in [0.1, 0.15) is 0 Å². The lowest BCUT2D eigenvalue weighted by Crippen LogP contribution is -2.15. The second kappa shape index (κ2) is 6.18. The van der Waals surface area contributed by atoms with Crippen LogP contribution in [-0.4, -0.2) is 5.91 Å². The molecule has 0 bridgehead atoms. The minimum absolute atomic E-state index is 0.173. The number of hydrogen-bond acceptors (Lipinski definition) is 2. The summed E-state index contributed by atoms with van der Waals surface area (Å²) in [5.74, 6) is -0.173. The summed E-state index contributed by atoms with van der Waals surface area (Å²) in [6.07, 6.45) is 0. The van der Waals surface area contributed by atoms with Crippen LogP contribution in [0, 0.1) is 0 Å². The Bertz CT molecular complexity index is 828. The predicted octanol–water partition coefficient (Wildman–Crippen LogP) is 4.20. The fourth-order valence-electron chi connectivity index (χ4n) is 2.40. The molecular weight excluding hydrogens is 296 g/mol. The van der Waals surface area contributed by atoms with Gasteiger partial charge in [0.15, 0.2) is 0 Å². The fraction of sp³-hybridized carbons (Fsp3) is 0.0556. The topological polar surface area (TPSA) is 55.1 Å². The molecule has 3 nitrogen and oxygen atoms in total. The molecule has 0 spiro atoms. The first kappa shape index (κ1) is 14.6. The summed E-state index contributed by atoms with van der Waals surface area (Å²) in [6, 6.07) is 18.8. The summed E-state index contributed by atoms with van der Waals surface area (Å²) in [6.45, 7) is 0.314. The molecule has 0 aliphatic rings. The standard InChI is InChI=1S/C18H15ClN2O/c19-15-5-7-16(8-6-15)21-18(22)17-10-13-4-2-1-3-12(13)9-14(17)11-20/h1-10H,11,20H2,(H,21,22). The van der Waals surface area contributed by atoms with Gasteiger partial charge in [-0.1, -0.05) is 35.9 Å². The molecule has 0 fully saturated rings. The maximum Gasteiger partial charge on any atom is 0.256 e. The van der Waals surface area contributed by atoms with Gasteiger partial charge < -0.3 is 11.1 Å². The minimum Gasteiger partial charge on any atom is -0.326 e. The number of amides is 1. The summed E-state index contributed by atoms with van der Waals surface area (Å²) in [4.78, 5) is 12.5. The maximum absolute atomic E-state index is 12.5. The first-order chi connectivity index (χ1) is 10.7.